The summed E-state index contributed by atoms with van der Waals surface area (Å²) in [5.41, 5.74) is 1.03. The molecule has 1 aromatic rings. The average molecular weight is 288 g/mol. The fraction of sp³-hybridized carbons (Fsp3) is 0.667. The zero-order valence-corrected chi connectivity index (χ0v) is 12.4. The Labute approximate surface area is 113 Å². The van der Waals surface area contributed by atoms with Gasteiger partial charge >= 0.3 is 0 Å². The van der Waals surface area contributed by atoms with Crippen molar-refractivity contribution in [1.29, 1.82) is 0 Å². The van der Waals surface area contributed by atoms with Crippen molar-refractivity contribution in [2.24, 2.45) is 5.92 Å². The summed E-state index contributed by atoms with van der Waals surface area (Å²) < 4.78 is 27.5. The van der Waals surface area contributed by atoms with Gasteiger partial charge in [-0.2, -0.15) is 0 Å². The van der Waals surface area contributed by atoms with Gasteiger partial charge in [-0.25, -0.2) is 13.1 Å². The van der Waals surface area contributed by atoms with E-state index in [-0.39, 0.29) is 6.04 Å². The van der Waals surface area contributed by atoms with Crippen molar-refractivity contribution in [2.45, 2.75) is 43.5 Å². The lowest BCUT2D eigenvalue weighted by atomic mass is 10.2. The largest absolute Gasteiger partial charge is 0.313 e. The van der Waals surface area contributed by atoms with E-state index in [1.807, 2.05) is 19.2 Å². The van der Waals surface area contributed by atoms with Gasteiger partial charge in [0.1, 0.15) is 4.21 Å². The Balaban J connectivity index is 2.01. The minimum absolute atomic E-state index is 0.0503. The van der Waals surface area contributed by atoms with Gasteiger partial charge in [-0.05, 0) is 49.2 Å². The second kappa shape index (κ2) is 5.69. The first-order valence-corrected chi connectivity index (χ1v) is 8.69. The highest BCUT2D eigenvalue weighted by molar-refractivity contribution is 7.91. The summed E-state index contributed by atoms with van der Waals surface area (Å²) in [5, 5.41) is 5.09. The van der Waals surface area contributed by atoms with Crippen LogP contribution in [-0.4, -0.2) is 21.0 Å². The molecular weight excluding hydrogens is 268 g/mol. The highest BCUT2D eigenvalue weighted by atomic mass is 32.2. The molecule has 6 heteroatoms. The first-order valence-electron chi connectivity index (χ1n) is 6.33. The van der Waals surface area contributed by atoms with Crippen LogP contribution in [0, 0.1) is 5.92 Å². The van der Waals surface area contributed by atoms with Gasteiger partial charge in [-0.15, -0.1) is 11.3 Å². The third-order valence-electron chi connectivity index (χ3n) is 3.14. The third-order valence-corrected chi connectivity index (χ3v) is 6.19. The van der Waals surface area contributed by atoms with E-state index in [0.717, 1.165) is 31.5 Å². The molecule has 1 heterocycles. The summed E-state index contributed by atoms with van der Waals surface area (Å²) >= 11 is 1.29. The lowest BCUT2D eigenvalue weighted by molar-refractivity contribution is 0.539. The lowest BCUT2D eigenvalue weighted by Gasteiger charge is -2.11. The Bertz CT molecular complexity index is 492. The van der Waals surface area contributed by atoms with E-state index in [1.165, 1.54) is 11.3 Å². The van der Waals surface area contributed by atoms with Crippen LogP contribution in [0.1, 0.15) is 32.3 Å². The molecule has 1 atom stereocenters. The second-order valence-corrected chi connectivity index (χ2v) is 7.65. The van der Waals surface area contributed by atoms with Crippen LogP contribution in [0.15, 0.2) is 15.7 Å². The van der Waals surface area contributed by atoms with E-state index in [0.29, 0.717) is 10.1 Å². The molecule has 0 aliphatic heterocycles. The molecule has 1 aliphatic carbocycles. The smallest absolute Gasteiger partial charge is 0.250 e. The van der Waals surface area contributed by atoms with Crippen molar-refractivity contribution in [3.8, 4) is 0 Å². The zero-order valence-electron chi connectivity index (χ0n) is 10.8. The summed E-state index contributed by atoms with van der Waals surface area (Å²) in [7, 11) is -3.33. The molecule has 1 aliphatic rings. The number of rotatable bonds is 7. The van der Waals surface area contributed by atoms with Gasteiger partial charge in [0.25, 0.3) is 0 Å². The molecule has 18 heavy (non-hydrogen) atoms. The quantitative estimate of drug-likeness (QED) is 0.806. The molecule has 2 rings (SSSR count). The van der Waals surface area contributed by atoms with Crippen LogP contribution in [0.3, 0.4) is 0 Å². The fourth-order valence-corrected chi connectivity index (χ4v) is 4.39. The van der Waals surface area contributed by atoms with Crippen molar-refractivity contribution in [3.05, 3.63) is 17.0 Å². The molecule has 1 unspecified atom stereocenters. The van der Waals surface area contributed by atoms with E-state index in [1.54, 1.807) is 6.07 Å². The van der Waals surface area contributed by atoms with E-state index >= 15 is 0 Å². The Morgan fingerprint density at radius 3 is 2.83 bits per heavy atom. The maximum absolute atomic E-state index is 12.1. The number of hydrogen-bond acceptors (Lipinski definition) is 4. The van der Waals surface area contributed by atoms with Crippen LogP contribution in [0.25, 0.3) is 0 Å². The second-order valence-electron chi connectivity index (χ2n) is 4.80. The van der Waals surface area contributed by atoms with Crippen LogP contribution >= 0.6 is 11.3 Å². The Morgan fingerprint density at radius 1 is 1.50 bits per heavy atom. The van der Waals surface area contributed by atoms with Crippen LogP contribution in [0.2, 0.25) is 0 Å². The predicted octanol–water partition coefficient (Wildman–Crippen LogP) is 1.93. The molecule has 0 radical (unpaired) electrons. The molecule has 0 aromatic carbocycles. The molecule has 1 saturated carbocycles. The van der Waals surface area contributed by atoms with Gasteiger partial charge in [-0.1, -0.05) is 6.92 Å². The lowest BCUT2D eigenvalue weighted by Crippen LogP contribution is -2.33. The molecule has 102 valence electrons. The number of sulfonamides is 1. The predicted molar refractivity (Wildman–Crippen MR) is 74.2 cm³/mol. The Hall–Kier alpha value is -0.430. The fourth-order valence-electron chi connectivity index (χ4n) is 1.85. The van der Waals surface area contributed by atoms with Crippen molar-refractivity contribution in [3.63, 3.8) is 0 Å². The molecule has 0 amide bonds. The van der Waals surface area contributed by atoms with Crippen molar-refractivity contribution in [1.82, 2.24) is 10.0 Å². The molecule has 2 N–H and O–H groups in total. The summed E-state index contributed by atoms with van der Waals surface area (Å²) in [6.45, 7) is 5.58. The third kappa shape index (κ3) is 3.54. The van der Waals surface area contributed by atoms with Gasteiger partial charge in [0, 0.05) is 12.6 Å². The topological polar surface area (TPSA) is 58.2 Å². The molecule has 0 saturated heterocycles. The van der Waals surface area contributed by atoms with Gasteiger partial charge < -0.3 is 5.32 Å². The highest BCUT2D eigenvalue weighted by Crippen LogP contribution is 2.33. The maximum Gasteiger partial charge on any atom is 0.250 e. The van der Waals surface area contributed by atoms with Crippen LogP contribution in [-0.2, 0) is 16.6 Å². The molecular formula is C12H20N2O2S2. The van der Waals surface area contributed by atoms with Crippen LogP contribution in [0.5, 0.6) is 0 Å². The number of thiophene rings is 1. The van der Waals surface area contributed by atoms with Crippen molar-refractivity contribution in [2.75, 3.05) is 6.54 Å². The SMILES string of the molecule is CCNCc1csc(S(=O)(=O)NC(C)C2CC2)c1. The summed E-state index contributed by atoms with van der Waals surface area (Å²) in [6, 6.07) is 1.81. The highest BCUT2D eigenvalue weighted by Gasteiger charge is 2.31. The molecule has 1 aromatic heterocycles. The number of nitrogens with one attached hydrogen (secondary N) is 2. The summed E-state index contributed by atoms with van der Waals surface area (Å²) in [5.74, 6) is 0.529. The molecule has 1 fully saturated rings. The van der Waals surface area contributed by atoms with Gasteiger partial charge in [-0.3, -0.25) is 0 Å². The molecule has 4 nitrogen and oxygen atoms in total. The van der Waals surface area contributed by atoms with Crippen LogP contribution in [0.4, 0.5) is 0 Å². The zero-order chi connectivity index (χ0) is 13.2. The van der Waals surface area contributed by atoms with Gasteiger partial charge in [0.2, 0.25) is 10.0 Å². The van der Waals surface area contributed by atoms with E-state index in [9.17, 15) is 8.42 Å². The van der Waals surface area contributed by atoms with Crippen molar-refractivity contribution < 1.29 is 8.42 Å². The van der Waals surface area contributed by atoms with Crippen LogP contribution < -0.4 is 10.0 Å². The standard InChI is InChI=1S/C12H20N2O2S2/c1-3-13-7-10-6-12(17-8-10)18(15,16)14-9(2)11-4-5-11/h6,8-9,11,13-14H,3-5,7H2,1-2H3. The summed E-state index contributed by atoms with van der Waals surface area (Å²) in [6.07, 6.45) is 2.28. The minimum atomic E-state index is -3.33. The van der Waals surface area contributed by atoms with Gasteiger partial charge in [0.15, 0.2) is 0 Å². The average Bonchev–Trinajstić information content (AvgIpc) is 3.05. The van der Waals surface area contributed by atoms with Crippen molar-refractivity contribution >= 4 is 21.4 Å². The monoisotopic (exact) mass is 288 g/mol. The summed E-state index contributed by atoms with van der Waals surface area (Å²) in [4.78, 5) is 0. The Morgan fingerprint density at radius 2 is 2.22 bits per heavy atom. The maximum atomic E-state index is 12.1. The molecule has 0 spiro atoms. The van der Waals surface area contributed by atoms with E-state index < -0.39 is 10.0 Å². The Kier molecular flexibility index (Phi) is 4.42. The van der Waals surface area contributed by atoms with E-state index in [4.69, 9.17) is 0 Å². The number of hydrogen-bond donors (Lipinski definition) is 2. The first-order chi connectivity index (χ1) is 8.53. The van der Waals surface area contributed by atoms with Gasteiger partial charge in [0.05, 0.1) is 0 Å². The normalized spacial score (nSPS) is 17.9. The molecule has 0 bridgehead atoms. The van der Waals surface area contributed by atoms with E-state index in [2.05, 4.69) is 10.0 Å². The minimum Gasteiger partial charge on any atom is -0.313 e. The first kappa shape index (κ1) is 14.0.